The number of hydrogen-bond acceptors (Lipinski definition) is 7. The maximum absolute atomic E-state index is 13.0. The minimum atomic E-state index is -0.629. The molecule has 1 atom stereocenters. The van der Waals surface area contributed by atoms with Gasteiger partial charge in [0.1, 0.15) is 11.8 Å². The predicted octanol–water partition coefficient (Wildman–Crippen LogP) is 0.255. The number of nitrogens with zero attached hydrogens (tertiary/aromatic N) is 3. The van der Waals surface area contributed by atoms with Crippen LogP contribution < -0.4 is 10.6 Å². The number of amides is 2. The number of pyridine rings is 1. The first-order valence-corrected chi connectivity index (χ1v) is 8.74. The summed E-state index contributed by atoms with van der Waals surface area (Å²) >= 11 is 0. The number of carbonyl (C=O) groups is 2. The molecular weight excluding hydrogens is 350 g/mol. The summed E-state index contributed by atoms with van der Waals surface area (Å²) in [5.74, 6) is -0.0252. The van der Waals surface area contributed by atoms with E-state index in [1.54, 1.807) is 26.4 Å². The molecule has 2 aromatic heterocycles. The summed E-state index contributed by atoms with van der Waals surface area (Å²) in [5, 5.41) is 9.92. The lowest BCUT2D eigenvalue weighted by molar-refractivity contribution is -0.126. The number of nitrogens with one attached hydrogen (secondary N) is 2. The molecule has 0 aromatic carbocycles. The highest BCUT2D eigenvalue weighted by Gasteiger charge is 2.35. The summed E-state index contributed by atoms with van der Waals surface area (Å²) in [6, 6.07) is 3.06. The normalized spacial score (nSPS) is 17.0. The second kappa shape index (κ2) is 8.74. The van der Waals surface area contributed by atoms with Gasteiger partial charge in [0, 0.05) is 45.7 Å². The Hall–Kier alpha value is -2.78. The highest BCUT2D eigenvalue weighted by Crippen LogP contribution is 2.18. The molecule has 1 aliphatic rings. The van der Waals surface area contributed by atoms with Gasteiger partial charge >= 0.3 is 0 Å². The molecule has 144 valence electrons. The quantitative estimate of drug-likeness (QED) is 0.747. The topological polar surface area (TPSA) is 110 Å². The van der Waals surface area contributed by atoms with Crippen LogP contribution in [0, 0.1) is 6.92 Å². The van der Waals surface area contributed by atoms with Crippen molar-refractivity contribution in [2.24, 2.45) is 0 Å². The monoisotopic (exact) mass is 373 g/mol. The van der Waals surface area contributed by atoms with Gasteiger partial charge in [0.15, 0.2) is 5.69 Å². The van der Waals surface area contributed by atoms with Crippen LogP contribution in [-0.2, 0) is 22.7 Å². The lowest BCUT2D eigenvalue weighted by Crippen LogP contribution is -2.59. The third-order valence-corrected chi connectivity index (χ3v) is 4.47. The van der Waals surface area contributed by atoms with Gasteiger partial charge in [0.05, 0.1) is 12.2 Å². The average Bonchev–Trinajstić information content (AvgIpc) is 3.07. The molecule has 1 fully saturated rings. The van der Waals surface area contributed by atoms with Crippen molar-refractivity contribution in [2.75, 3.05) is 26.7 Å². The fourth-order valence-corrected chi connectivity index (χ4v) is 3.00. The number of hydrogen-bond donors (Lipinski definition) is 2. The van der Waals surface area contributed by atoms with Crippen LogP contribution in [0.3, 0.4) is 0 Å². The van der Waals surface area contributed by atoms with Crippen LogP contribution in [0.2, 0.25) is 0 Å². The molecule has 3 rings (SSSR count). The molecule has 27 heavy (non-hydrogen) atoms. The maximum Gasteiger partial charge on any atom is 0.277 e. The van der Waals surface area contributed by atoms with Crippen LogP contribution in [0.5, 0.6) is 0 Å². The van der Waals surface area contributed by atoms with Gasteiger partial charge in [-0.05, 0) is 18.6 Å². The number of carbonyl (C=O) groups excluding carboxylic acids is 2. The molecule has 0 radical (unpaired) electrons. The van der Waals surface area contributed by atoms with Gasteiger partial charge < -0.3 is 24.8 Å². The summed E-state index contributed by atoms with van der Waals surface area (Å²) in [6.07, 6.45) is 3.37. The minimum absolute atomic E-state index is 0.196. The van der Waals surface area contributed by atoms with Crippen molar-refractivity contribution in [3.05, 3.63) is 47.1 Å². The second-order valence-corrected chi connectivity index (χ2v) is 6.30. The third-order valence-electron chi connectivity index (χ3n) is 4.47. The van der Waals surface area contributed by atoms with E-state index in [0.717, 1.165) is 5.56 Å². The molecule has 2 N–H and O–H groups in total. The van der Waals surface area contributed by atoms with Gasteiger partial charge in [-0.2, -0.15) is 0 Å². The first kappa shape index (κ1) is 19.0. The summed E-state index contributed by atoms with van der Waals surface area (Å²) in [7, 11) is 1.54. The lowest BCUT2D eigenvalue weighted by Gasteiger charge is -2.34. The molecule has 0 bridgehead atoms. The van der Waals surface area contributed by atoms with E-state index >= 15 is 0 Å². The van der Waals surface area contributed by atoms with Crippen LogP contribution in [0.4, 0.5) is 0 Å². The first-order valence-electron chi connectivity index (χ1n) is 8.74. The van der Waals surface area contributed by atoms with E-state index in [1.807, 2.05) is 12.1 Å². The minimum Gasteiger partial charge on any atom is -0.380 e. The van der Waals surface area contributed by atoms with E-state index in [1.165, 1.54) is 4.90 Å². The highest BCUT2D eigenvalue weighted by molar-refractivity contribution is 5.97. The van der Waals surface area contributed by atoms with Gasteiger partial charge in [-0.1, -0.05) is 11.2 Å². The zero-order valence-corrected chi connectivity index (χ0v) is 15.4. The van der Waals surface area contributed by atoms with Crippen molar-refractivity contribution in [1.29, 1.82) is 0 Å². The zero-order valence-electron chi connectivity index (χ0n) is 15.4. The van der Waals surface area contributed by atoms with Crippen LogP contribution >= 0.6 is 0 Å². The maximum atomic E-state index is 13.0. The van der Waals surface area contributed by atoms with Crippen LogP contribution in [0.15, 0.2) is 29.0 Å². The Bertz CT molecular complexity index is 792. The molecule has 9 nitrogen and oxygen atoms in total. The zero-order chi connectivity index (χ0) is 19.2. The Morgan fingerprint density at radius 3 is 3.07 bits per heavy atom. The van der Waals surface area contributed by atoms with E-state index in [-0.39, 0.29) is 24.1 Å². The van der Waals surface area contributed by atoms with Gasteiger partial charge in [0.2, 0.25) is 5.91 Å². The molecule has 1 aliphatic heterocycles. The standard InChI is InChI=1S/C18H23N5O4/c1-12-14(11-26-2)16(22-27-12)18(25)23-7-6-20-10-15(23)17(24)21-9-13-4-3-5-19-8-13/h3-5,8,15,20H,6-7,9-11H2,1-2H3,(H,21,24)/t15-/m0/s1. The van der Waals surface area contributed by atoms with Gasteiger partial charge in [0.25, 0.3) is 5.91 Å². The number of methoxy groups -OCH3 is 1. The van der Waals surface area contributed by atoms with Gasteiger partial charge in [-0.25, -0.2) is 0 Å². The van der Waals surface area contributed by atoms with Crippen molar-refractivity contribution >= 4 is 11.8 Å². The molecule has 0 aliphatic carbocycles. The summed E-state index contributed by atoms with van der Waals surface area (Å²) < 4.78 is 10.3. The molecule has 3 heterocycles. The number of aryl methyl sites for hydroxylation is 1. The number of rotatable bonds is 6. The predicted molar refractivity (Wildman–Crippen MR) is 95.7 cm³/mol. The van der Waals surface area contributed by atoms with Crippen molar-refractivity contribution in [3.8, 4) is 0 Å². The first-order chi connectivity index (χ1) is 13.1. The van der Waals surface area contributed by atoms with Crippen molar-refractivity contribution in [2.45, 2.75) is 26.1 Å². The molecule has 9 heteroatoms. The van der Waals surface area contributed by atoms with Crippen molar-refractivity contribution in [3.63, 3.8) is 0 Å². The number of aromatic nitrogens is 2. The largest absolute Gasteiger partial charge is 0.380 e. The highest BCUT2D eigenvalue weighted by atomic mass is 16.5. The van der Waals surface area contributed by atoms with E-state index in [0.29, 0.717) is 37.5 Å². The Balaban J connectivity index is 1.73. The van der Waals surface area contributed by atoms with Crippen LogP contribution in [-0.4, -0.2) is 59.6 Å². The molecule has 0 unspecified atom stereocenters. The molecule has 0 saturated carbocycles. The van der Waals surface area contributed by atoms with Gasteiger partial charge in [-0.15, -0.1) is 0 Å². The SMILES string of the molecule is COCc1c(C(=O)N2CCNC[C@H]2C(=O)NCc2cccnc2)noc1C. The summed E-state index contributed by atoms with van der Waals surface area (Å²) in [6.45, 7) is 3.69. The molecule has 0 spiro atoms. The lowest BCUT2D eigenvalue weighted by atomic mass is 10.1. The van der Waals surface area contributed by atoms with Crippen LogP contribution in [0.1, 0.15) is 27.4 Å². The number of ether oxygens (including phenoxy) is 1. The van der Waals surface area contributed by atoms with Gasteiger partial charge in [-0.3, -0.25) is 14.6 Å². The smallest absolute Gasteiger partial charge is 0.277 e. The fraction of sp³-hybridized carbons (Fsp3) is 0.444. The fourth-order valence-electron chi connectivity index (χ4n) is 3.00. The van der Waals surface area contributed by atoms with Crippen LogP contribution in [0.25, 0.3) is 0 Å². The Labute approximate surface area is 157 Å². The molecule has 1 saturated heterocycles. The van der Waals surface area contributed by atoms with E-state index in [9.17, 15) is 9.59 Å². The molecule has 2 amide bonds. The average molecular weight is 373 g/mol. The Kier molecular flexibility index (Phi) is 6.15. The number of piperazine rings is 1. The summed E-state index contributed by atoms with van der Waals surface area (Å²) in [5.41, 5.74) is 1.69. The van der Waals surface area contributed by atoms with E-state index in [2.05, 4.69) is 20.8 Å². The Morgan fingerprint density at radius 2 is 2.33 bits per heavy atom. The Morgan fingerprint density at radius 1 is 1.48 bits per heavy atom. The summed E-state index contributed by atoms with van der Waals surface area (Å²) in [4.78, 5) is 31.3. The van der Waals surface area contributed by atoms with E-state index < -0.39 is 6.04 Å². The van der Waals surface area contributed by atoms with E-state index in [4.69, 9.17) is 9.26 Å². The molecule has 2 aromatic rings. The second-order valence-electron chi connectivity index (χ2n) is 6.30. The van der Waals surface area contributed by atoms with Crippen molar-refractivity contribution in [1.82, 2.24) is 25.7 Å². The molecular formula is C18H23N5O4. The third kappa shape index (κ3) is 4.32. The van der Waals surface area contributed by atoms with Crippen molar-refractivity contribution < 1.29 is 18.8 Å².